The van der Waals surface area contributed by atoms with Crippen molar-refractivity contribution in [2.75, 3.05) is 17.9 Å². The average Bonchev–Trinajstić information content (AvgIpc) is 2.98. The highest BCUT2D eigenvalue weighted by atomic mass is 79.9. The van der Waals surface area contributed by atoms with E-state index < -0.39 is 18.8 Å². The van der Waals surface area contributed by atoms with Gasteiger partial charge < -0.3 is 14.0 Å². The maximum absolute atomic E-state index is 13.2. The Labute approximate surface area is 167 Å². The molecule has 0 atom stereocenters. The zero-order valence-corrected chi connectivity index (χ0v) is 16.5. The van der Waals surface area contributed by atoms with Crippen LogP contribution in [0, 0.1) is 5.82 Å². The van der Waals surface area contributed by atoms with E-state index in [9.17, 15) is 18.0 Å². The number of thiol groups is 1. The molecule has 27 heavy (non-hydrogen) atoms. The summed E-state index contributed by atoms with van der Waals surface area (Å²) in [4.78, 5) is 12.4. The van der Waals surface area contributed by atoms with E-state index in [1.807, 2.05) is 0 Å². The van der Waals surface area contributed by atoms with E-state index in [-0.39, 0.29) is 17.2 Å². The average molecular weight is 459 g/mol. The van der Waals surface area contributed by atoms with Crippen LogP contribution >= 0.6 is 28.7 Å². The van der Waals surface area contributed by atoms with Crippen LogP contribution < -0.4 is 9.62 Å². The topological polar surface area (TPSA) is 45.5 Å². The molecular formula is C18H14BrF3N2O2S. The van der Waals surface area contributed by atoms with Gasteiger partial charge in [0.25, 0.3) is 12.3 Å². The van der Waals surface area contributed by atoms with Crippen molar-refractivity contribution in [3.8, 4) is 11.3 Å². The zero-order chi connectivity index (χ0) is 19.7. The highest BCUT2D eigenvalue weighted by molar-refractivity contribution is 9.10. The molecule has 0 saturated heterocycles. The minimum Gasteiger partial charge on any atom is -0.455 e. The fraction of sp³-hybridized carbons (Fsp3) is 0.167. The van der Waals surface area contributed by atoms with E-state index in [4.69, 9.17) is 4.42 Å². The van der Waals surface area contributed by atoms with Crippen molar-refractivity contribution in [3.63, 3.8) is 0 Å². The molecule has 1 N–H and O–H groups in total. The Hall–Kier alpha value is -2.13. The molecule has 0 saturated carbocycles. The first kappa shape index (κ1) is 19.6. The lowest BCUT2D eigenvalue weighted by molar-refractivity contribution is 0.0964. The van der Waals surface area contributed by atoms with Crippen molar-refractivity contribution in [3.05, 3.63) is 52.3 Å². The number of carbonyl (C=O) groups excluding carboxylic acids is 1. The van der Waals surface area contributed by atoms with Crippen LogP contribution in [-0.2, 0) is 0 Å². The van der Waals surface area contributed by atoms with E-state index >= 15 is 0 Å². The number of nitrogens with zero attached hydrogens (tertiary/aromatic N) is 1. The molecule has 2 aromatic carbocycles. The Morgan fingerprint density at radius 1 is 1.30 bits per heavy atom. The van der Waals surface area contributed by atoms with Gasteiger partial charge in [0.1, 0.15) is 17.2 Å². The van der Waals surface area contributed by atoms with Crippen LogP contribution in [0.15, 0.2) is 45.3 Å². The van der Waals surface area contributed by atoms with Crippen molar-refractivity contribution in [2.45, 2.75) is 6.43 Å². The van der Waals surface area contributed by atoms with Gasteiger partial charge in [0.2, 0.25) is 0 Å². The SMILES string of the molecule is CNC(=O)c1c(-c2ccc(F)cc2)oc2cc(N(S)CC(F)F)c(Br)cc12. The molecule has 0 aliphatic carbocycles. The largest absolute Gasteiger partial charge is 0.455 e. The fourth-order valence-corrected chi connectivity index (χ4v) is 3.67. The van der Waals surface area contributed by atoms with Gasteiger partial charge in [-0.2, -0.15) is 0 Å². The van der Waals surface area contributed by atoms with Crippen molar-refractivity contribution in [1.29, 1.82) is 0 Å². The van der Waals surface area contributed by atoms with E-state index in [0.29, 0.717) is 26.7 Å². The maximum atomic E-state index is 13.2. The molecule has 3 aromatic rings. The summed E-state index contributed by atoms with van der Waals surface area (Å²) in [5, 5.41) is 3.04. The zero-order valence-electron chi connectivity index (χ0n) is 14.0. The quantitative estimate of drug-likeness (QED) is 0.511. The van der Waals surface area contributed by atoms with Gasteiger partial charge in [0.15, 0.2) is 0 Å². The second kappa shape index (κ2) is 7.85. The molecule has 1 aromatic heterocycles. The van der Waals surface area contributed by atoms with Crippen LogP contribution in [0.5, 0.6) is 0 Å². The first-order valence-corrected chi connectivity index (χ1v) is 8.99. The number of hydrogen-bond donors (Lipinski definition) is 2. The summed E-state index contributed by atoms with van der Waals surface area (Å²) >= 11 is 7.42. The molecular weight excluding hydrogens is 445 g/mol. The van der Waals surface area contributed by atoms with Gasteiger partial charge >= 0.3 is 0 Å². The van der Waals surface area contributed by atoms with Gasteiger partial charge in [0, 0.05) is 28.5 Å². The van der Waals surface area contributed by atoms with Crippen LogP contribution in [0.3, 0.4) is 0 Å². The van der Waals surface area contributed by atoms with Crippen LogP contribution in [0.2, 0.25) is 0 Å². The normalized spacial score (nSPS) is 11.2. The Kier molecular flexibility index (Phi) is 5.71. The molecule has 0 aliphatic rings. The molecule has 0 radical (unpaired) electrons. The molecule has 3 rings (SSSR count). The number of alkyl halides is 2. The van der Waals surface area contributed by atoms with E-state index in [2.05, 4.69) is 34.1 Å². The molecule has 142 valence electrons. The minimum atomic E-state index is -2.57. The number of furan rings is 1. The summed E-state index contributed by atoms with van der Waals surface area (Å²) in [7, 11) is 1.48. The third-order valence-corrected chi connectivity index (χ3v) is 4.92. The Morgan fingerprint density at radius 2 is 1.96 bits per heavy atom. The number of halogens is 4. The van der Waals surface area contributed by atoms with Gasteiger partial charge in [-0.1, -0.05) is 12.8 Å². The maximum Gasteiger partial charge on any atom is 0.256 e. The highest BCUT2D eigenvalue weighted by Gasteiger charge is 2.24. The molecule has 1 heterocycles. The number of nitrogens with one attached hydrogen (secondary N) is 1. The van der Waals surface area contributed by atoms with E-state index in [1.165, 1.54) is 37.4 Å². The van der Waals surface area contributed by atoms with Crippen LogP contribution in [0.4, 0.5) is 18.9 Å². The molecule has 0 spiro atoms. The van der Waals surface area contributed by atoms with Gasteiger partial charge in [-0.25, -0.2) is 13.2 Å². The molecule has 4 nitrogen and oxygen atoms in total. The molecule has 0 unspecified atom stereocenters. The van der Waals surface area contributed by atoms with Crippen LogP contribution in [0.1, 0.15) is 10.4 Å². The third-order valence-electron chi connectivity index (χ3n) is 3.91. The number of carbonyl (C=O) groups is 1. The van der Waals surface area contributed by atoms with Crippen molar-refractivity contribution in [1.82, 2.24) is 5.32 Å². The molecule has 0 bridgehead atoms. The number of benzene rings is 2. The van der Waals surface area contributed by atoms with Gasteiger partial charge in [-0.3, -0.25) is 4.79 Å². The predicted molar refractivity (Wildman–Crippen MR) is 105 cm³/mol. The fourth-order valence-electron chi connectivity index (χ4n) is 2.69. The number of amides is 1. The summed E-state index contributed by atoms with van der Waals surface area (Å²) in [6.45, 7) is -0.582. The van der Waals surface area contributed by atoms with Gasteiger partial charge in [-0.15, -0.1) is 0 Å². The molecule has 9 heteroatoms. The number of anilines is 1. The lowest BCUT2D eigenvalue weighted by Gasteiger charge is -2.18. The lowest BCUT2D eigenvalue weighted by atomic mass is 10.0. The van der Waals surface area contributed by atoms with Gasteiger partial charge in [-0.05, 0) is 46.3 Å². The van der Waals surface area contributed by atoms with Crippen molar-refractivity contribution >= 4 is 51.3 Å². The highest BCUT2D eigenvalue weighted by Crippen LogP contribution is 2.39. The van der Waals surface area contributed by atoms with E-state index in [0.717, 1.165) is 4.31 Å². The summed E-state index contributed by atoms with van der Waals surface area (Å²) in [6, 6.07) is 8.65. The Balaban J connectivity index is 2.21. The predicted octanol–water partition coefficient (Wildman–Crippen LogP) is 5.28. The smallest absolute Gasteiger partial charge is 0.256 e. The third kappa shape index (κ3) is 3.93. The molecule has 1 amide bonds. The van der Waals surface area contributed by atoms with Crippen molar-refractivity contribution < 1.29 is 22.4 Å². The summed E-state index contributed by atoms with van der Waals surface area (Å²) in [6.07, 6.45) is -2.57. The monoisotopic (exact) mass is 458 g/mol. The first-order chi connectivity index (χ1) is 12.8. The summed E-state index contributed by atoms with van der Waals surface area (Å²) in [5.74, 6) is -0.546. The first-order valence-electron chi connectivity index (χ1n) is 7.80. The molecule has 0 aliphatic heterocycles. The Morgan fingerprint density at radius 3 is 2.56 bits per heavy atom. The standard InChI is InChI=1S/C18H14BrF3N2O2S/c1-23-18(25)16-11-6-12(19)13(24(27)8-15(21)22)7-14(11)26-17(16)9-2-4-10(20)5-3-9/h2-7,15,27H,8H2,1H3,(H,23,25). The second-order valence-electron chi connectivity index (χ2n) is 5.67. The van der Waals surface area contributed by atoms with Crippen LogP contribution in [-0.4, -0.2) is 25.9 Å². The minimum absolute atomic E-state index is 0.257. The lowest BCUT2D eigenvalue weighted by Crippen LogP contribution is -2.19. The number of hydrogen-bond acceptors (Lipinski definition) is 4. The summed E-state index contributed by atoms with van der Waals surface area (Å²) in [5.41, 5.74) is 1.47. The molecule has 0 fully saturated rings. The van der Waals surface area contributed by atoms with Crippen LogP contribution in [0.25, 0.3) is 22.3 Å². The van der Waals surface area contributed by atoms with E-state index in [1.54, 1.807) is 6.07 Å². The number of fused-ring (bicyclic) bond motifs is 1. The van der Waals surface area contributed by atoms with Crippen molar-refractivity contribution in [2.24, 2.45) is 0 Å². The number of rotatable bonds is 5. The summed E-state index contributed by atoms with van der Waals surface area (Å²) < 4.78 is 46.0. The Bertz CT molecular complexity index is 992. The van der Waals surface area contributed by atoms with Gasteiger partial charge in [0.05, 0.1) is 17.8 Å². The second-order valence-corrected chi connectivity index (χ2v) is 7.00.